The number of nitrogens with zero attached hydrogens (tertiary/aromatic N) is 1. The number of benzene rings is 1. The molecule has 5 rings (SSSR count). The Balaban J connectivity index is 1.21. The van der Waals surface area contributed by atoms with Crippen LogP contribution in [-0.4, -0.2) is 18.0 Å². The third-order valence-corrected chi connectivity index (χ3v) is 10.7. The Kier molecular flexibility index (Phi) is 9.15. The van der Waals surface area contributed by atoms with Crippen molar-refractivity contribution in [3.05, 3.63) is 47.1 Å². The van der Waals surface area contributed by atoms with Crippen LogP contribution in [0.25, 0.3) is 5.57 Å². The minimum absolute atomic E-state index is 0.302. The average molecular weight is 582 g/mol. The first-order chi connectivity index (χ1) is 20.0. The van der Waals surface area contributed by atoms with Gasteiger partial charge in [-0.2, -0.15) is 13.2 Å². The molecular formula is C35H46F3N3O. The first-order valence-corrected chi connectivity index (χ1v) is 15.9. The van der Waals surface area contributed by atoms with Gasteiger partial charge in [0.1, 0.15) is 0 Å². The number of carbonyl (C=O) groups excluding carboxylic acids is 1. The Hall–Kier alpha value is -2.70. The normalized spacial score (nSPS) is 22.0. The van der Waals surface area contributed by atoms with Crippen molar-refractivity contribution < 1.29 is 18.0 Å². The molecule has 1 aromatic carbocycles. The van der Waals surface area contributed by atoms with Gasteiger partial charge in [-0.1, -0.05) is 43.1 Å². The van der Waals surface area contributed by atoms with Gasteiger partial charge in [-0.25, -0.2) is 9.79 Å². The zero-order valence-corrected chi connectivity index (χ0v) is 25.2. The Morgan fingerprint density at radius 1 is 1.10 bits per heavy atom. The third kappa shape index (κ3) is 7.44. The summed E-state index contributed by atoms with van der Waals surface area (Å²) in [7, 11) is 0. The molecule has 0 bridgehead atoms. The number of halogens is 3. The van der Waals surface area contributed by atoms with Crippen LogP contribution < -0.4 is 5.32 Å². The van der Waals surface area contributed by atoms with Gasteiger partial charge in [-0.3, -0.25) is 0 Å². The van der Waals surface area contributed by atoms with Gasteiger partial charge < -0.3 is 10.7 Å². The lowest BCUT2D eigenvalue weighted by atomic mass is 9.71. The number of rotatable bonds is 11. The van der Waals surface area contributed by atoms with Crippen molar-refractivity contribution in [3.8, 4) is 0 Å². The fourth-order valence-corrected chi connectivity index (χ4v) is 7.11. The van der Waals surface area contributed by atoms with Crippen LogP contribution in [0.1, 0.15) is 115 Å². The quantitative estimate of drug-likeness (QED) is 0.251. The Morgan fingerprint density at radius 2 is 1.79 bits per heavy atom. The van der Waals surface area contributed by atoms with Crippen LogP contribution in [-0.2, 0) is 6.18 Å². The predicted octanol–water partition coefficient (Wildman–Crippen LogP) is 10.6. The van der Waals surface area contributed by atoms with Gasteiger partial charge in [0.05, 0.1) is 11.3 Å². The fraction of sp³-hybridized carbons (Fsp3) is 0.629. The number of urea groups is 1. The van der Waals surface area contributed by atoms with Crippen LogP contribution in [0.15, 0.2) is 40.9 Å². The van der Waals surface area contributed by atoms with E-state index in [9.17, 15) is 23.4 Å². The van der Waals surface area contributed by atoms with Gasteiger partial charge in [0.15, 0.2) is 0 Å². The monoisotopic (exact) mass is 581 g/mol. The number of hydrogen-bond acceptors (Lipinski definition) is 2. The average Bonchev–Trinajstić information content (AvgIpc) is 3.84. The van der Waals surface area contributed by atoms with Crippen molar-refractivity contribution in [2.45, 2.75) is 110 Å². The topological polar surface area (TPSA) is 65.3 Å². The molecule has 4 fully saturated rings. The van der Waals surface area contributed by atoms with E-state index in [1.165, 1.54) is 68.2 Å². The van der Waals surface area contributed by atoms with E-state index in [-0.39, 0.29) is 5.69 Å². The van der Waals surface area contributed by atoms with Crippen molar-refractivity contribution >= 4 is 29.2 Å². The molecule has 0 heterocycles. The van der Waals surface area contributed by atoms with Gasteiger partial charge >= 0.3 is 12.2 Å². The molecular weight excluding hydrogens is 535 g/mol. The number of nitrogens with one attached hydrogen (secondary N) is 2. The van der Waals surface area contributed by atoms with Gasteiger partial charge in [-0.05, 0) is 131 Å². The minimum Gasteiger partial charge on any atom is -0.305 e. The van der Waals surface area contributed by atoms with E-state index in [4.69, 9.17) is 0 Å². The molecule has 0 radical (unpaired) electrons. The van der Waals surface area contributed by atoms with E-state index >= 15 is 0 Å². The molecule has 4 aliphatic rings. The van der Waals surface area contributed by atoms with Crippen molar-refractivity contribution in [2.24, 2.45) is 34.1 Å². The van der Waals surface area contributed by atoms with E-state index in [2.05, 4.69) is 23.8 Å². The van der Waals surface area contributed by atoms with Gasteiger partial charge in [0, 0.05) is 17.8 Å². The molecule has 1 aromatic rings. The van der Waals surface area contributed by atoms with Gasteiger partial charge in [0.2, 0.25) is 0 Å². The second-order valence-electron chi connectivity index (χ2n) is 13.6. The zero-order valence-electron chi connectivity index (χ0n) is 25.2. The van der Waals surface area contributed by atoms with Crippen LogP contribution in [0, 0.1) is 34.5 Å². The molecule has 1 unspecified atom stereocenters. The second-order valence-corrected chi connectivity index (χ2v) is 13.6. The molecule has 0 aromatic heterocycles. The van der Waals surface area contributed by atoms with Crippen molar-refractivity contribution in [1.82, 2.24) is 0 Å². The van der Waals surface area contributed by atoms with Crippen molar-refractivity contribution in [2.75, 3.05) is 5.32 Å². The summed E-state index contributed by atoms with van der Waals surface area (Å²) in [4.78, 5) is 16.6. The van der Waals surface area contributed by atoms with Crippen LogP contribution in [0.3, 0.4) is 0 Å². The third-order valence-electron chi connectivity index (χ3n) is 10.7. The lowest BCUT2D eigenvalue weighted by Crippen LogP contribution is -2.26. The van der Waals surface area contributed by atoms with Crippen LogP contribution in [0.2, 0.25) is 0 Å². The highest BCUT2D eigenvalue weighted by Crippen LogP contribution is 2.57. The number of hydrogen-bond donors (Lipinski definition) is 2. The maximum atomic E-state index is 13.7. The molecule has 228 valence electrons. The maximum absolute atomic E-state index is 13.7. The highest BCUT2D eigenvalue weighted by atomic mass is 19.4. The van der Waals surface area contributed by atoms with Crippen LogP contribution >= 0.6 is 0 Å². The number of anilines is 1. The largest absolute Gasteiger partial charge is 0.418 e. The molecule has 1 atom stereocenters. The number of allylic oxidation sites excluding steroid dienone is 3. The molecule has 2 amide bonds. The summed E-state index contributed by atoms with van der Waals surface area (Å²) in [6.45, 7) is 7.61. The van der Waals surface area contributed by atoms with Crippen molar-refractivity contribution in [1.29, 1.82) is 5.41 Å². The number of alkyl halides is 3. The molecule has 0 aliphatic heterocycles. The molecule has 0 saturated heterocycles. The van der Waals surface area contributed by atoms with E-state index < -0.39 is 17.8 Å². The number of aliphatic imine (C=N–C) groups is 1. The molecule has 7 heteroatoms. The SMILES string of the molecule is C=C(C)c1ccc(NC(=O)/N=C/CC(CC/C(C(=N)C2CCC3(CC2)CC3)=C(/C)C2CC2)C2CCC2)c(C(F)(F)F)c1. The van der Waals surface area contributed by atoms with E-state index in [0.29, 0.717) is 46.6 Å². The summed E-state index contributed by atoms with van der Waals surface area (Å²) >= 11 is 0. The van der Waals surface area contributed by atoms with Gasteiger partial charge in [0.25, 0.3) is 0 Å². The number of carbonyl (C=O) groups is 1. The standard InChI is InChI=1S/C35H46F3N3O/c1-22(2)28-10-12-31(30(21-28)35(36,37)38)41-33(42)40-20-15-26(25-5-4-6-25)9-11-29(23(3)24-7-8-24)32(39)27-13-16-34(17-14-27)18-19-34/h10,12,20-21,24-27,39H,1,4-9,11,13-19H2,2-3H3,(H,41,42)/b29-23+,39-32?,40-20+. The lowest BCUT2D eigenvalue weighted by Gasteiger charge is -2.34. The van der Waals surface area contributed by atoms with E-state index in [0.717, 1.165) is 50.3 Å². The molecule has 4 aliphatic carbocycles. The van der Waals surface area contributed by atoms with E-state index in [1.807, 2.05) is 0 Å². The highest BCUT2D eigenvalue weighted by molar-refractivity contribution is 6.00. The van der Waals surface area contributed by atoms with Crippen molar-refractivity contribution in [3.63, 3.8) is 0 Å². The first kappa shape index (κ1) is 30.7. The van der Waals surface area contributed by atoms with Gasteiger partial charge in [-0.15, -0.1) is 0 Å². The van der Waals surface area contributed by atoms with Crippen LogP contribution in [0.5, 0.6) is 0 Å². The smallest absolute Gasteiger partial charge is 0.305 e. The molecule has 1 spiro atoms. The number of amides is 2. The molecule has 4 nitrogen and oxygen atoms in total. The van der Waals surface area contributed by atoms with E-state index in [1.54, 1.807) is 13.1 Å². The first-order valence-electron chi connectivity index (χ1n) is 15.9. The lowest BCUT2D eigenvalue weighted by molar-refractivity contribution is -0.136. The summed E-state index contributed by atoms with van der Waals surface area (Å²) in [6, 6.07) is 3.00. The second kappa shape index (κ2) is 12.5. The summed E-state index contributed by atoms with van der Waals surface area (Å²) in [5.74, 6) is 1.95. The summed E-state index contributed by atoms with van der Waals surface area (Å²) in [5, 5.41) is 11.6. The Bertz CT molecular complexity index is 1250. The van der Waals surface area contributed by atoms with Crippen LogP contribution in [0.4, 0.5) is 23.7 Å². The molecule has 4 saturated carbocycles. The fourth-order valence-electron chi connectivity index (χ4n) is 7.11. The maximum Gasteiger partial charge on any atom is 0.418 e. The predicted molar refractivity (Wildman–Crippen MR) is 165 cm³/mol. The highest BCUT2D eigenvalue weighted by Gasteiger charge is 2.45. The molecule has 42 heavy (non-hydrogen) atoms. The minimum atomic E-state index is -4.61. The Morgan fingerprint density at radius 3 is 2.33 bits per heavy atom. The summed E-state index contributed by atoms with van der Waals surface area (Å²) < 4.78 is 41.0. The summed E-state index contributed by atoms with van der Waals surface area (Å²) in [5.41, 5.74) is 3.89. The summed E-state index contributed by atoms with van der Waals surface area (Å²) in [6.07, 6.45) is 13.1. The zero-order chi connectivity index (χ0) is 30.1. The molecule has 2 N–H and O–H groups in total. The Labute approximate surface area is 248 Å².